The van der Waals surface area contributed by atoms with Gasteiger partial charge in [0.05, 0.1) is 0 Å². The molecule has 1 aliphatic rings. The van der Waals surface area contributed by atoms with E-state index >= 15 is 0 Å². The molecule has 3 heteroatoms. The van der Waals surface area contributed by atoms with Crippen LogP contribution in [0.4, 0.5) is 5.69 Å². The monoisotopic (exact) mass is 288 g/mol. The predicted octanol–water partition coefficient (Wildman–Crippen LogP) is 3.89. The van der Waals surface area contributed by atoms with Gasteiger partial charge in [0.25, 0.3) is 0 Å². The first-order valence-electron chi connectivity index (χ1n) is 8.40. The number of benzene rings is 1. The number of nitrogens with one attached hydrogen (secondary N) is 2. The Morgan fingerprint density at radius 2 is 1.86 bits per heavy atom. The highest BCUT2D eigenvalue weighted by Gasteiger charge is 2.12. The lowest BCUT2D eigenvalue weighted by atomic mass is 10.1. The highest BCUT2D eigenvalue weighted by Crippen LogP contribution is 2.17. The lowest BCUT2D eigenvalue weighted by Gasteiger charge is -2.16. The molecule has 2 N–H and O–H groups in total. The molecule has 1 aromatic carbocycles. The topological polar surface area (TPSA) is 41.1 Å². The van der Waals surface area contributed by atoms with Crippen molar-refractivity contribution < 1.29 is 4.79 Å². The van der Waals surface area contributed by atoms with Gasteiger partial charge in [-0.15, -0.1) is 0 Å². The SMILES string of the molecule is CCc1ccccc1NC(=O)CCNC1CCCCCC1. The molecule has 1 aliphatic carbocycles. The normalized spacial score (nSPS) is 16.4. The van der Waals surface area contributed by atoms with E-state index < -0.39 is 0 Å². The van der Waals surface area contributed by atoms with Crippen LogP contribution in [0, 0.1) is 0 Å². The van der Waals surface area contributed by atoms with Crippen molar-refractivity contribution in [1.29, 1.82) is 0 Å². The molecule has 0 bridgehead atoms. The molecule has 0 heterocycles. The van der Waals surface area contributed by atoms with E-state index in [0.717, 1.165) is 18.7 Å². The second-order valence-electron chi connectivity index (χ2n) is 5.95. The van der Waals surface area contributed by atoms with E-state index in [0.29, 0.717) is 12.5 Å². The van der Waals surface area contributed by atoms with Gasteiger partial charge < -0.3 is 10.6 Å². The summed E-state index contributed by atoms with van der Waals surface area (Å²) in [6.07, 6.45) is 9.41. The molecule has 0 radical (unpaired) electrons. The Morgan fingerprint density at radius 3 is 2.57 bits per heavy atom. The Hall–Kier alpha value is -1.35. The molecule has 21 heavy (non-hydrogen) atoms. The van der Waals surface area contributed by atoms with Crippen molar-refractivity contribution in [3.8, 4) is 0 Å². The Morgan fingerprint density at radius 1 is 1.14 bits per heavy atom. The van der Waals surface area contributed by atoms with Gasteiger partial charge in [-0.1, -0.05) is 50.8 Å². The Bertz CT molecular complexity index is 437. The maximum absolute atomic E-state index is 12.0. The first-order chi connectivity index (χ1) is 10.3. The average Bonchev–Trinajstić information content (AvgIpc) is 2.76. The molecule has 1 fully saturated rings. The summed E-state index contributed by atoms with van der Waals surface area (Å²) in [6, 6.07) is 8.65. The molecule has 1 aromatic rings. The Labute approximate surface area is 128 Å². The fraction of sp³-hybridized carbons (Fsp3) is 0.611. The van der Waals surface area contributed by atoms with E-state index in [9.17, 15) is 4.79 Å². The third kappa shape index (κ3) is 5.50. The number of amides is 1. The minimum atomic E-state index is 0.108. The van der Waals surface area contributed by atoms with Crippen LogP contribution in [0.1, 0.15) is 57.4 Å². The van der Waals surface area contributed by atoms with Gasteiger partial charge in [0.1, 0.15) is 0 Å². The fourth-order valence-corrected chi connectivity index (χ4v) is 3.04. The Kier molecular flexibility index (Phi) is 6.74. The molecule has 0 aromatic heterocycles. The highest BCUT2D eigenvalue weighted by atomic mass is 16.1. The van der Waals surface area contributed by atoms with Gasteiger partial charge >= 0.3 is 0 Å². The number of carbonyl (C=O) groups excluding carboxylic acids is 1. The minimum absolute atomic E-state index is 0.108. The quantitative estimate of drug-likeness (QED) is 0.780. The van der Waals surface area contributed by atoms with Crippen LogP contribution in [0.25, 0.3) is 0 Å². The summed E-state index contributed by atoms with van der Waals surface area (Å²) in [6.45, 7) is 2.89. The fourth-order valence-electron chi connectivity index (χ4n) is 3.04. The van der Waals surface area contributed by atoms with Crippen LogP contribution in [-0.2, 0) is 11.2 Å². The van der Waals surface area contributed by atoms with E-state index in [1.54, 1.807) is 0 Å². The maximum atomic E-state index is 12.0. The standard InChI is InChI=1S/C18H28N2O/c1-2-15-9-7-8-12-17(15)20-18(21)13-14-19-16-10-5-3-4-6-11-16/h7-9,12,16,19H,2-6,10-11,13-14H2,1H3,(H,20,21). The van der Waals surface area contributed by atoms with E-state index in [-0.39, 0.29) is 5.91 Å². The first-order valence-corrected chi connectivity index (χ1v) is 8.40. The van der Waals surface area contributed by atoms with Crippen LogP contribution < -0.4 is 10.6 Å². The van der Waals surface area contributed by atoms with Gasteiger partial charge in [-0.25, -0.2) is 0 Å². The van der Waals surface area contributed by atoms with Crippen molar-refractivity contribution in [3.05, 3.63) is 29.8 Å². The second-order valence-corrected chi connectivity index (χ2v) is 5.95. The third-order valence-corrected chi connectivity index (χ3v) is 4.31. The number of hydrogen-bond acceptors (Lipinski definition) is 2. The molecular formula is C18H28N2O. The zero-order valence-electron chi connectivity index (χ0n) is 13.2. The highest BCUT2D eigenvalue weighted by molar-refractivity contribution is 5.91. The average molecular weight is 288 g/mol. The van der Waals surface area contributed by atoms with Gasteiger partial charge in [-0.2, -0.15) is 0 Å². The number of hydrogen-bond donors (Lipinski definition) is 2. The lowest BCUT2D eigenvalue weighted by Crippen LogP contribution is -2.31. The van der Waals surface area contributed by atoms with Gasteiger partial charge in [-0.3, -0.25) is 4.79 Å². The zero-order chi connectivity index (χ0) is 14.9. The first kappa shape index (κ1) is 16.0. The zero-order valence-corrected chi connectivity index (χ0v) is 13.2. The number of rotatable bonds is 6. The van der Waals surface area contributed by atoms with Crippen LogP contribution in [0.15, 0.2) is 24.3 Å². The summed E-state index contributed by atoms with van der Waals surface area (Å²) in [5.41, 5.74) is 2.15. The van der Waals surface area contributed by atoms with Crippen LogP contribution >= 0.6 is 0 Å². The lowest BCUT2D eigenvalue weighted by molar-refractivity contribution is -0.116. The molecule has 0 unspecified atom stereocenters. The summed E-state index contributed by atoms with van der Waals surface area (Å²) in [4.78, 5) is 12.0. The Balaban J connectivity index is 1.72. The summed E-state index contributed by atoms with van der Waals surface area (Å²) >= 11 is 0. The van der Waals surface area contributed by atoms with Gasteiger partial charge in [0, 0.05) is 24.7 Å². The number of para-hydroxylation sites is 1. The largest absolute Gasteiger partial charge is 0.326 e. The summed E-state index contributed by atoms with van der Waals surface area (Å²) in [5, 5.41) is 6.58. The van der Waals surface area contributed by atoms with Crippen molar-refractivity contribution in [1.82, 2.24) is 5.32 Å². The minimum Gasteiger partial charge on any atom is -0.326 e. The van der Waals surface area contributed by atoms with Crippen molar-refractivity contribution >= 4 is 11.6 Å². The van der Waals surface area contributed by atoms with E-state index in [1.165, 1.54) is 44.1 Å². The van der Waals surface area contributed by atoms with Gasteiger partial charge in [-0.05, 0) is 30.9 Å². The van der Waals surface area contributed by atoms with Crippen LogP contribution in [0.5, 0.6) is 0 Å². The maximum Gasteiger partial charge on any atom is 0.225 e. The number of anilines is 1. The molecule has 1 saturated carbocycles. The summed E-state index contributed by atoms with van der Waals surface area (Å²) in [5.74, 6) is 0.108. The summed E-state index contributed by atoms with van der Waals surface area (Å²) in [7, 11) is 0. The number of aryl methyl sites for hydroxylation is 1. The molecule has 3 nitrogen and oxygen atoms in total. The summed E-state index contributed by atoms with van der Waals surface area (Å²) < 4.78 is 0. The molecule has 0 saturated heterocycles. The third-order valence-electron chi connectivity index (χ3n) is 4.31. The van der Waals surface area contributed by atoms with Crippen LogP contribution in [-0.4, -0.2) is 18.5 Å². The second kappa shape index (κ2) is 8.83. The van der Waals surface area contributed by atoms with E-state index in [4.69, 9.17) is 0 Å². The van der Waals surface area contributed by atoms with Crippen molar-refractivity contribution in [2.45, 2.75) is 64.3 Å². The van der Waals surface area contributed by atoms with Gasteiger partial charge in [0.15, 0.2) is 0 Å². The van der Waals surface area contributed by atoms with Crippen molar-refractivity contribution in [2.24, 2.45) is 0 Å². The van der Waals surface area contributed by atoms with E-state index in [2.05, 4.69) is 23.6 Å². The molecule has 1 amide bonds. The van der Waals surface area contributed by atoms with Crippen molar-refractivity contribution in [2.75, 3.05) is 11.9 Å². The van der Waals surface area contributed by atoms with E-state index in [1.807, 2.05) is 18.2 Å². The predicted molar refractivity (Wildman–Crippen MR) is 88.6 cm³/mol. The molecule has 2 rings (SSSR count). The van der Waals surface area contributed by atoms with Crippen molar-refractivity contribution in [3.63, 3.8) is 0 Å². The van der Waals surface area contributed by atoms with Crippen LogP contribution in [0.2, 0.25) is 0 Å². The molecule has 0 aliphatic heterocycles. The molecule has 116 valence electrons. The smallest absolute Gasteiger partial charge is 0.225 e. The molecular weight excluding hydrogens is 260 g/mol. The molecule has 0 atom stereocenters. The van der Waals surface area contributed by atoms with Gasteiger partial charge in [0.2, 0.25) is 5.91 Å². The number of carbonyl (C=O) groups is 1. The van der Waals surface area contributed by atoms with Crippen LogP contribution in [0.3, 0.4) is 0 Å². The molecule has 0 spiro atoms.